The van der Waals surface area contributed by atoms with Crippen molar-refractivity contribution in [2.75, 3.05) is 12.0 Å². The van der Waals surface area contributed by atoms with E-state index in [1.54, 1.807) is 6.20 Å². The third-order valence-corrected chi connectivity index (χ3v) is 5.80. The van der Waals surface area contributed by atoms with Crippen molar-refractivity contribution >= 4 is 23.3 Å². The van der Waals surface area contributed by atoms with E-state index in [0.717, 1.165) is 17.5 Å². The van der Waals surface area contributed by atoms with E-state index in [-0.39, 0.29) is 11.6 Å². The molecule has 132 valence electrons. The van der Waals surface area contributed by atoms with Crippen molar-refractivity contribution in [1.29, 1.82) is 0 Å². The molecule has 0 unspecified atom stereocenters. The normalized spacial score (nSPS) is 28.0. The van der Waals surface area contributed by atoms with Crippen LogP contribution in [0.1, 0.15) is 40.0 Å². The maximum absolute atomic E-state index is 12.5. The van der Waals surface area contributed by atoms with Crippen LogP contribution in [0, 0.1) is 11.3 Å². The predicted octanol–water partition coefficient (Wildman–Crippen LogP) is 2.47. The van der Waals surface area contributed by atoms with Gasteiger partial charge in [-0.3, -0.25) is 9.59 Å². The van der Waals surface area contributed by atoms with E-state index in [1.165, 1.54) is 13.5 Å². The van der Waals surface area contributed by atoms with Gasteiger partial charge in [0.15, 0.2) is 0 Å². The van der Waals surface area contributed by atoms with E-state index in [0.29, 0.717) is 29.1 Å². The van der Waals surface area contributed by atoms with Crippen LogP contribution in [-0.4, -0.2) is 34.9 Å². The molecule has 1 saturated heterocycles. The molecule has 6 nitrogen and oxygen atoms in total. The zero-order valence-electron chi connectivity index (χ0n) is 14.6. The molecule has 3 rings (SSSR count). The van der Waals surface area contributed by atoms with Gasteiger partial charge in [-0.05, 0) is 37.5 Å². The third kappa shape index (κ3) is 2.92. The minimum absolute atomic E-state index is 0.131. The first-order chi connectivity index (χ1) is 11.2. The van der Waals surface area contributed by atoms with Crippen LogP contribution >= 0.6 is 11.6 Å². The Bertz CT molecular complexity index is 716. The first-order valence-corrected chi connectivity index (χ1v) is 8.72. The number of rotatable bonds is 3. The molecule has 2 bridgehead atoms. The van der Waals surface area contributed by atoms with E-state index in [4.69, 9.17) is 11.6 Å². The molecule has 7 heteroatoms. The molecular formula is C17H24ClN3O3. The summed E-state index contributed by atoms with van der Waals surface area (Å²) in [6.45, 7) is 6.57. The third-order valence-electron chi connectivity index (χ3n) is 5.44. The fourth-order valence-electron chi connectivity index (χ4n) is 4.44. The first-order valence-electron chi connectivity index (χ1n) is 8.34. The summed E-state index contributed by atoms with van der Waals surface area (Å²) in [6, 6.07) is 0.704. The van der Waals surface area contributed by atoms with Crippen molar-refractivity contribution in [3.63, 3.8) is 0 Å². The van der Waals surface area contributed by atoms with Crippen LogP contribution in [0.15, 0.2) is 11.0 Å². The van der Waals surface area contributed by atoms with E-state index in [2.05, 4.69) is 35.5 Å². The van der Waals surface area contributed by atoms with Crippen LogP contribution in [-0.2, 0) is 16.1 Å². The minimum Gasteiger partial charge on any atom is -0.468 e. The lowest BCUT2D eigenvalue weighted by atomic mass is 9.71. The molecule has 2 fully saturated rings. The average Bonchev–Trinajstić information content (AvgIpc) is 2.74. The highest BCUT2D eigenvalue weighted by molar-refractivity contribution is 6.33. The summed E-state index contributed by atoms with van der Waals surface area (Å²) in [5.74, 6) is 0.0767. The lowest BCUT2D eigenvalue weighted by molar-refractivity contribution is -0.141. The molecule has 1 aromatic rings. The number of carbonyl (C=O) groups is 1. The molecule has 0 N–H and O–H groups in total. The highest BCUT2D eigenvalue weighted by Gasteiger charge is 2.47. The number of esters is 1. The number of hydrogen-bond donors (Lipinski definition) is 0. The zero-order chi connectivity index (χ0) is 17.6. The molecular weight excluding hydrogens is 330 g/mol. The summed E-state index contributed by atoms with van der Waals surface area (Å²) >= 11 is 6.36. The summed E-state index contributed by atoms with van der Waals surface area (Å²) in [4.78, 5) is 26.1. The number of nitrogens with zero attached hydrogens (tertiary/aromatic N) is 3. The molecule has 0 amide bonds. The van der Waals surface area contributed by atoms with E-state index >= 15 is 0 Å². The second-order valence-corrected chi connectivity index (χ2v) is 8.13. The fourth-order valence-corrected chi connectivity index (χ4v) is 4.68. The highest BCUT2D eigenvalue weighted by Crippen LogP contribution is 2.50. The minimum atomic E-state index is -0.527. The number of methoxy groups -OCH3 is 1. The zero-order valence-corrected chi connectivity index (χ0v) is 15.3. The molecule has 2 aliphatic rings. The maximum Gasteiger partial charge on any atom is 0.327 e. The number of aromatic nitrogens is 2. The number of ether oxygens (including phenoxy) is 1. The molecule has 3 atom stereocenters. The van der Waals surface area contributed by atoms with Crippen molar-refractivity contribution in [1.82, 2.24) is 9.78 Å². The highest BCUT2D eigenvalue weighted by atomic mass is 35.5. The number of fused-ring (bicyclic) bond motifs is 2. The van der Waals surface area contributed by atoms with E-state index in [9.17, 15) is 9.59 Å². The van der Waals surface area contributed by atoms with Gasteiger partial charge >= 0.3 is 5.97 Å². The summed E-state index contributed by atoms with van der Waals surface area (Å²) in [5.41, 5.74) is 0.532. The van der Waals surface area contributed by atoms with Crippen LogP contribution in [0.4, 0.5) is 5.69 Å². The van der Waals surface area contributed by atoms with Crippen LogP contribution in [0.25, 0.3) is 0 Å². The molecule has 24 heavy (non-hydrogen) atoms. The molecule has 0 spiro atoms. The Balaban J connectivity index is 1.94. The van der Waals surface area contributed by atoms with Crippen molar-refractivity contribution in [3.8, 4) is 0 Å². The fraction of sp³-hybridized carbons (Fsp3) is 0.706. The summed E-state index contributed by atoms with van der Waals surface area (Å²) in [5, 5.41) is 4.26. The quantitative estimate of drug-likeness (QED) is 0.781. The van der Waals surface area contributed by atoms with Gasteiger partial charge in [-0.2, -0.15) is 5.10 Å². The average molecular weight is 354 g/mol. The molecule has 2 heterocycles. The van der Waals surface area contributed by atoms with Gasteiger partial charge < -0.3 is 9.64 Å². The second kappa shape index (κ2) is 6.06. The van der Waals surface area contributed by atoms with Gasteiger partial charge in [0.05, 0.1) is 19.0 Å². The topological polar surface area (TPSA) is 64.4 Å². The molecule has 0 radical (unpaired) electrons. The summed E-state index contributed by atoms with van der Waals surface area (Å²) < 4.78 is 5.63. The van der Waals surface area contributed by atoms with Crippen molar-refractivity contribution in [3.05, 3.63) is 21.6 Å². The number of anilines is 1. The van der Waals surface area contributed by atoms with E-state index in [1.807, 2.05) is 0 Å². The lowest BCUT2D eigenvalue weighted by Gasteiger charge is -2.35. The van der Waals surface area contributed by atoms with Gasteiger partial charge in [0.1, 0.15) is 11.6 Å². The van der Waals surface area contributed by atoms with Gasteiger partial charge in [0.2, 0.25) is 0 Å². The smallest absolute Gasteiger partial charge is 0.327 e. The number of carbonyl (C=O) groups excluding carboxylic acids is 1. The lowest BCUT2D eigenvalue weighted by Crippen LogP contribution is -2.38. The van der Waals surface area contributed by atoms with Crippen LogP contribution in [0.2, 0.25) is 5.02 Å². The Hall–Kier alpha value is -1.56. The van der Waals surface area contributed by atoms with Crippen molar-refractivity contribution in [2.45, 2.75) is 58.7 Å². The number of halogens is 1. The van der Waals surface area contributed by atoms with Gasteiger partial charge in [-0.1, -0.05) is 25.4 Å². The second-order valence-electron chi connectivity index (χ2n) is 7.75. The number of hydrogen-bond acceptors (Lipinski definition) is 5. The van der Waals surface area contributed by atoms with Gasteiger partial charge in [-0.15, -0.1) is 0 Å². The monoisotopic (exact) mass is 353 g/mol. The summed E-state index contributed by atoms with van der Waals surface area (Å²) in [6.07, 6.45) is 5.00. The summed E-state index contributed by atoms with van der Waals surface area (Å²) in [7, 11) is 1.28. The SMILES string of the molecule is COC(=O)Cn1ncc(N2[C@H]3C[C@@H](CC(C)(C)C3)[C@H]2C)c(Cl)c1=O. The molecule has 1 aromatic heterocycles. The van der Waals surface area contributed by atoms with Crippen LogP contribution in [0.3, 0.4) is 0 Å². The molecule has 1 saturated carbocycles. The van der Waals surface area contributed by atoms with Gasteiger partial charge in [-0.25, -0.2) is 4.68 Å². The van der Waals surface area contributed by atoms with Gasteiger partial charge in [0.25, 0.3) is 5.56 Å². The van der Waals surface area contributed by atoms with Crippen molar-refractivity contribution in [2.24, 2.45) is 11.3 Å². The van der Waals surface area contributed by atoms with Crippen molar-refractivity contribution < 1.29 is 9.53 Å². The van der Waals surface area contributed by atoms with Crippen LogP contribution < -0.4 is 10.5 Å². The molecule has 0 aromatic carbocycles. The Morgan fingerprint density at radius 3 is 2.83 bits per heavy atom. The standard InChI is InChI=1S/C17H24ClN3O3/c1-10-11-5-12(7-17(2,3)6-11)21(10)13-8-19-20(9-14(22)24-4)16(23)15(13)18/h8,10-12H,5-7,9H2,1-4H3/t10-,11+,12+/m1/s1. The Morgan fingerprint density at radius 1 is 1.46 bits per heavy atom. The van der Waals surface area contributed by atoms with E-state index < -0.39 is 11.5 Å². The first kappa shape index (κ1) is 17.3. The Labute approximate surface area is 146 Å². The maximum atomic E-state index is 12.5. The van der Waals surface area contributed by atoms with Gasteiger partial charge in [0, 0.05) is 12.1 Å². The van der Waals surface area contributed by atoms with Crippen LogP contribution in [0.5, 0.6) is 0 Å². The largest absolute Gasteiger partial charge is 0.468 e. The predicted molar refractivity (Wildman–Crippen MR) is 92.4 cm³/mol. The Kier molecular flexibility index (Phi) is 4.36. The Morgan fingerprint density at radius 2 is 2.17 bits per heavy atom. The molecule has 1 aliphatic carbocycles. The molecule has 1 aliphatic heterocycles.